The van der Waals surface area contributed by atoms with E-state index in [1.807, 2.05) is 119 Å². The van der Waals surface area contributed by atoms with Crippen LogP contribution < -0.4 is 19.7 Å². The molecule has 0 spiro atoms. The van der Waals surface area contributed by atoms with Crippen LogP contribution in [0.2, 0.25) is 0 Å². The van der Waals surface area contributed by atoms with Crippen molar-refractivity contribution in [1.29, 1.82) is 0 Å². The highest BCUT2D eigenvalue weighted by atomic mass is 19.1. The number of hydrogen-bond donors (Lipinski definition) is 3. The lowest BCUT2D eigenvalue weighted by atomic mass is 9.88. The van der Waals surface area contributed by atoms with Gasteiger partial charge in [-0.05, 0) is 138 Å². The van der Waals surface area contributed by atoms with Gasteiger partial charge in [-0.2, -0.15) is 15.1 Å². The number of aliphatic hydroxyl groups is 2. The highest BCUT2D eigenvalue weighted by Crippen LogP contribution is 2.54. The summed E-state index contributed by atoms with van der Waals surface area (Å²) in [6, 6.07) is 16.2. The number of fused-ring (bicyclic) bond motifs is 2. The van der Waals surface area contributed by atoms with E-state index in [-0.39, 0.29) is 75.1 Å². The lowest BCUT2D eigenvalue weighted by molar-refractivity contribution is -0.142. The Morgan fingerprint density at radius 2 is 1.69 bits per heavy atom. The number of carbonyl (C=O) groups excluding carboxylic acids is 3. The third kappa shape index (κ3) is 13.2. The molecule has 7 atom stereocenters. The summed E-state index contributed by atoms with van der Waals surface area (Å²) in [6.45, 7) is 15.0. The van der Waals surface area contributed by atoms with Gasteiger partial charge in [0.05, 0.1) is 42.8 Å². The molecule has 1 unspecified atom stereocenters. The van der Waals surface area contributed by atoms with Crippen LogP contribution in [0.3, 0.4) is 0 Å². The van der Waals surface area contributed by atoms with E-state index in [9.17, 15) is 24.6 Å². The van der Waals surface area contributed by atoms with E-state index < -0.39 is 47.5 Å². The maximum atomic E-state index is 17.0. The van der Waals surface area contributed by atoms with E-state index >= 15 is 4.39 Å². The van der Waals surface area contributed by atoms with Crippen molar-refractivity contribution in [3.05, 3.63) is 119 Å². The molecule has 0 bridgehead atoms. The fourth-order valence-electron chi connectivity index (χ4n) is 13.7. The Bertz CT molecular complexity index is 4070. The molecule has 496 valence electrons. The van der Waals surface area contributed by atoms with Crippen LogP contribution in [0.15, 0.2) is 85.5 Å². The summed E-state index contributed by atoms with van der Waals surface area (Å²) in [4.78, 5) is 62.3. The number of hydrogen-bond acceptors (Lipinski definition) is 17. The Kier molecular flexibility index (Phi) is 18.2. The first-order chi connectivity index (χ1) is 45.3. The van der Waals surface area contributed by atoms with E-state index in [0.717, 1.165) is 73.0 Å². The van der Waals surface area contributed by atoms with Gasteiger partial charge in [-0.3, -0.25) is 9.59 Å². The number of aromatic nitrogens is 9. The molecule has 3 amide bonds. The van der Waals surface area contributed by atoms with Gasteiger partial charge in [0.2, 0.25) is 11.8 Å². The number of halogens is 1. The van der Waals surface area contributed by atoms with Crippen LogP contribution in [-0.2, 0) is 30.4 Å². The van der Waals surface area contributed by atoms with Gasteiger partial charge in [0.15, 0.2) is 12.0 Å². The summed E-state index contributed by atoms with van der Waals surface area (Å²) < 4.78 is 54.1. The summed E-state index contributed by atoms with van der Waals surface area (Å²) in [5.74, 6) is 0.362. The zero-order valence-corrected chi connectivity index (χ0v) is 54.7. The van der Waals surface area contributed by atoms with Crippen LogP contribution in [0.25, 0.3) is 49.9 Å². The lowest BCUT2D eigenvalue weighted by Crippen LogP contribution is -2.50. The molecule has 4 aliphatic heterocycles. The molecule has 1 saturated carbocycles. The van der Waals surface area contributed by atoms with Crippen molar-refractivity contribution in [3.63, 3.8) is 0 Å². The molecule has 0 radical (unpaired) electrons. The molecule has 4 saturated heterocycles. The molecule has 3 N–H and O–H groups in total. The topological polar surface area (TPSA) is 252 Å². The van der Waals surface area contributed by atoms with E-state index in [1.165, 1.54) is 9.58 Å². The number of anilines is 1. The number of imidazole rings is 1. The summed E-state index contributed by atoms with van der Waals surface area (Å²) in [5, 5.41) is 39.8. The second kappa shape index (κ2) is 26.7. The Balaban J connectivity index is 0.817. The standard InChI is InChI=1S/C70H84FN13O10/c1-40(2)63(67(88)82-35-49(86)30-58(82)66(87)74-56(37-85)46-20-22-47(23-21-46)81-27-25-72-42(81)4)83-36-55(77-78-83)45-16-14-43(15-17-45)38-92-64-61(60-41(3)54(71)32-57-53(60)33-73-84(57)59-13-9-10-28-91-59)51(44-18-19-44)31-52-62(64)75-68(93-39-50-12-11-29-90-50)76-65(52)79(8)48-24-26-80(34-48)69(89)94-70(5,6)7/h14-17,20-23,25,27,31-33,36,40,44,48-50,56,58-59,63,85-86H,9-13,18-19,24,26,28-30,34-35,37-39H2,1-8H3,(H,74,87)/t48-,49+,50-,56-,58-,59?,63-/m0/s1. The Morgan fingerprint density at radius 3 is 2.38 bits per heavy atom. The monoisotopic (exact) mass is 1290 g/mol. The quantitative estimate of drug-likeness (QED) is 0.0642. The van der Waals surface area contributed by atoms with Gasteiger partial charge < -0.3 is 58.5 Å². The lowest BCUT2D eigenvalue weighted by Gasteiger charge is -2.30. The first kappa shape index (κ1) is 64.1. The number of rotatable bonds is 20. The number of nitrogens with one attached hydrogen (secondary N) is 1. The number of likely N-dealkylation sites (N-methyl/N-ethyl adjacent to an activating group) is 1. The van der Waals surface area contributed by atoms with Crippen LogP contribution >= 0.6 is 0 Å². The molecule has 13 rings (SSSR count). The number of benzene rings is 4. The average Bonchev–Trinajstić information content (AvgIpc) is 1.31. The van der Waals surface area contributed by atoms with Gasteiger partial charge in [0.25, 0.3) is 0 Å². The minimum atomic E-state index is -1.01. The van der Waals surface area contributed by atoms with Crippen LogP contribution in [0.1, 0.15) is 145 Å². The van der Waals surface area contributed by atoms with Crippen molar-refractivity contribution in [1.82, 2.24) is 59.4 Å². The van der Waals surface area contributed by atoms with Gasteiger partial charge in [0.1, 0.15) is 59.6 Å². The molecule has 5 fully saturated rings. The van der Waals surface area contributed by atoms with Gasteiger partial charge in [-0.1, -0.05) is 55.5 Å². The van der Waals surface area contributed by atoms with Crippen molar-refractivity contribution >= 4 is 45.5 Å². The summed E-state index contributed by atoms with van der Waals surface area (Å²) in [6.07, 6.45) is 12.2. The second-order valence-electron chi connectivity index (χ2n) is 27.1. The number of likely N-dealkylation sites (tertiary alicyclic amines) is 2. The molecule has 23 nitrogen and oxygen atoms in total. The maximum absolute atomic E-state index is 17.0. The number of nitrogens with zero attached hydrogens (tertiary/aromatic N) is 12. The minimum absolute atomic E-state index is 0.0214. The first-order valence-electron chi connectivity index (χ1n) is 33.0. The third-order valence-corrected chi connectivity index (χ3v) is 18.9. The van der Waals surface area contributed by atoms with Crippen LogP contribution in [-0.4, -0.2) is 165 Å². The van der Waals surface area contributed by atoms with Gasteiger partial charge >= 0.3 is 12.1 Å². The van der Waals surface area contributed by atoms with E-state index in [1.54, 1.807) is 30.3 Å². The second-order valence-corrected chi connectivity index (χ2v) is 27.1. The zero-order chi connectivity index (χ0) is 65.7. The highest BCUT2D eigenvalue weighted by Gasteiger charge is 2.44. The molecule has 4 aromatic carbocycles. The first-order valence-corrected chi connectivity index (χ1v) is 33.0. The number of β-amino-alcohol motifs (C(OH)–C–C–N with tert-alkyl or cyclic N) is 1. The predicted octanol–water partition coefficient (Wildman–Crippen LogP) is 10.0. The molecule has 5 aliphatic rings. The van der Waals surface area contributed by atoms with Crippen molar-refractivity contribution in [3.8, 4) is 39.8 Å². The van der Waals surface area contributed by atoms with Crippen molar-refractivity contribution in [2.75, 3.05) is 58.0 Å². The fraction of sp³-hybridized carbons (Fsp3) is 0.500. The summed E-state index contributed by atoms with van der Waals surface area (Å²) >= 11 is 0. The number of ether oxygens (including phenoxy) is 5. The maximum Gasteiger partial charge on any atom is 0.410 e. The average molecular weight is 1290 g/mol. The molecular weight excluding hydrogens is 1200 g/mol. The number of carbonyl (C=O) groups is 3. The van der Waals surface area contributed by atoms with Crippen molar-refractivity contribution in [2.45, 2.75) is 167 Å². The Hall–Kier alpha value is -8.58. The van der Waals surface area contributed by atoms with Crippen LogP contribution in [0.4, 0.5) is 15.0 Å². The van der Waals surface area contributed by atoms with Crippen LogP contribution in [0, 0.1) is 25.6 Å². The zero-order valence-electron chi connectivity index (χ0n) is 54.7. The van der Waals surface area contributed by atoms with Crippen molar-refractivity contribution in [2.24, 2.45) is 5.92 Å². The van der Waals surface area contributed by atoms with E-state index in [0.29, 0.717) is 94.2 Å². The molecule has 8 aromatic rings. The van der Waals surface area contributed by atoms with Crippen LogP contribution in [0.5, 0.6) is 11.8 Å². The molecule has 8 heterocycles. The molecule has 94 heavy (non-hydrogen) atoms. The van der Waals surface area contributed by atoms with Gasteiger partial charge in [-0.25, -0.2) is 23.5 Å². The smallest absolute Gasteiger partial charge is 0.410 e. The predicted molar refractivity (Wildman–Crippen MR) is 349 cm³/mol. The summed E-state index contributed by atoms with van der Waals surface area (Å²) in [7, 11) is 1.99. The van der Waals surface area contributed by atoms with Gasteiger partial charge in [0, 0.05) is 104 Å². The number of amides is 3. The third-order valence-electron chi connectivity index (χ3n) is 18.9. The van der Waals surface area contributed by atoms with E-state index in [4.69, 9.17) is 38.8 Å². The molecule has 1 aliphatic carbocycles. The van der Waals surface area contributed by atoms with Crippen molar-refractivity contribution < 1.29 is 52.7 Å². The fourth-order valence-corrected chi connectivity index (χ4v) is 13.7. The Labute approximate surface area is 545 Å². The normalized spacial score (nSPS) is 20.7. The Morgan fingerprint density at radius 1 is 0.904 bits per heavy atom. The molecule has 4 aromatic heterocycles. The summed E-state index contributed by atoms with van der Waals surface area (Å²) in [5.41, 5.74) is 6.75. The van der Waals surface area contributed by atoms with Gasteiger partial charge in [-0.15, -0.1) is 5.10 Å². The number of aryl methyl sites for hydroxylation is 1. The molecule has 24 heteroatoms. The van der Waals surface area contributed by atoms with E-state index in [2.05, 4.69) is 31.6 Å². The highest BCUT2D eigenvalue weighted by molar-refractivity contribution is 6.06. The minimum Gasteiger partial charge on any atom is -0.486 e. The SMILES string of the molecule is Cc1c(F)cc2c(cnn2C2CCCCO2)c1-c1c(C2CC2)cc2c(N(C)[C@H]3CCN(C(=O)OC(C)(C)C)C3)nc(OC[C@@H]3CCCO3)nc2c1OCc1ccc(-c2cn([C@H](C(=O)N3C[C@H](O)C[C@H]3C(=O)N[C@@H](CO)c3ccc(-n4ccnc4C)cc3)C(C)C)nn2)cc1. The molecular formula is C70H84FN13O10. The number of aliphatic hydroxyl groups excluding tert-OH is 2. The largest absolute Gasteiger partial charge is 0.486 e.